The number of piperazine rings is 1. The topological polar surface area (TPSA) is 65.3 Å². The Balaban J connectivity index is 1.61. The van der Waals surface area contributed by atoms with E-state index in [-0.39, 0.29) is 0 Å². The van der Waals surface area contributed by atoms with E-state index >= 15 is 0 Å². The minimum absolute atomic E-state index is 0.500. The maximum atomic E-state index is 9.18. The number of pyridine rings is 2. The van der Waals surface area contributed by atoms with Gasteiger partial charge in [0.25, 0.3) is 0 Å². The van der Waals surface area contributed by atoms with E-state index in [1.807, 2.05) is 24.3 Å². The van der Waals surface area contributed by atoms with E-state index < -0.39 is 0 Å². The van der Waals surface area contributed by atoms with Crippen molar-refractivity contribution in [3.8, 4) is 11.9 Å². The molecule has 0 amide bonds. The van der Waals surface area contributed by atoms with Crippen LogP contribution < -0.4 is 9.64 Å². The standard InChI is InChI=1S/C17H19N5O/c1-23-17-11-14(4-6-20-17)13-21-7-9-22(10-8-21)16-3-2-5-19-15(16)12-18/h2-6,11H,7-10,13H2,1H3. The number of ether oxygens (including phenoxy) is 1. The minimum Gasteiger partial charge on any atom is -0.481 e. The van der Waals surface area contributed by atoms with Crippen molar-refractivity contribution in [1.82, 2.24) is 14.9 Å². The van der Waals surface area contributed by atoms with Gasteiger partial charge in [-0.2, -0.15) is 5.26 Å². The number of rotatable bonds is 4. The number of hydrogen-bond donors (Lipinski definition) is 0. The molecule has 0 aromatic carbocycles. The number of nitriles is 1. The molecular formula is C17H19N5O. The van der Waals surface area contributed by atoms with Gasteiger partial charge >= 0.3 is 0 Å². The second-order valence-corrected chi connectivity index (χ2v) is 5.45. The molecule has 0 aliphatic carbocycles. The normalized spacial score (nSPS) is 15.2. The Morgan fingerprint density at radius 2 is 2.00 bits per heavy atom. The van der Waals surface area contributed by atoms with Gasteiger partial charge in [0.15, 0.2) is 5.69 Å². The van der Waals surface area contributed by atoms with Crippen molar-refractivity contribution < 1.29 is 4.74 Å². The van der Waals surface area contributed by atoms with Crippen molar-refractivity contribution in [2.45, 2.75) is 6.54 Å². The molecule has 0 spiro atoms. The minimum atomic E-state index is 0.500. The Hall–Kier alpha value is -2.65. The quantitative estimate of drug-likeness (QED) is 0.856. The molecule has 2 aromatic rings. The van der Waals surface area contributed by atoms with E-state index in [0.717, 1.165) is 38.4 Å². The monoisotopic (exact) mass is 309 g/mol. The summed E-state index contributed by atoms with van der Waals surface area (Å²) in [5.74, 6) is 0.648. The number of nitrogens with zero attached hydrogens (tertiary/aromatic N) is 5. The lowest BCUT2D eigenvalue weighted by Gasteiger charge is -2.36. The number of aromatic nitrogens is 2. The fourth-order valence-electron chi connectivity index (χ4n) is 2.80. The van der Waals surface area contributed by atoms with Crippen LogP contribution in [0.2, 0.25) is 0 Å². The molecule has 0 saturated carbocycles. The summed E-state index contributed by atoms with van der Waals surface area (Å²) in [6.45, 7) is 4.56. The molecule has 23 heavy (non-hydrogen) atoms. The first-order valence-corrected chi connectivity index (χ1v) is 7.61. The highest BCUT2D eigenvalue weighted by atomic mass is 16.5. The van der Waals surface area contributed by atoms with Crippen molar-refractivity contribution in [2.75, 3.05) is 38.2 Å². The second-order valence-electron chi connectivity index (χ2n) is 5.45. The number of methoxy groups -OCH3 is 1. The predicted molar refractivity (Wildman–Crippen MR) is 87.2 cm³/mol. The van der Waals surface area contributed by atoms with E-state index in [2.05, 4.69) is 25.8 Å². The largest absolute Gasteiger partial charge is 0.481 e. The number of hydrogen-bond acceptors (Lipinski definition) is 6. The van der Waals surface area contributed by atoms with Crippen molar-refractivity contribution in [1.29, 1.82) is 5.26 Å². The third-order valence-corrected chi connectivity index (χ3v) is 4.02. The van der Waals surface area contributed by atoms with E-state index in [9.17, 15) is 5.26 Å². The van der Waals surface area contributed by atoms with Crippen molar-refractivity contribution in [3.63, 3.8) is 0 Å². The third kappa shape index (κ3) is 3.58. The summed E-state index contributed by atoms with van der Waals surface area (Å²) in [6.07, 6.45) is 3.44. The Bertz CT molecular complexity index is 704. The molecule has 1 fully saturated rings. The molecular weight excluding hydrogens is 290 g/mol. The van der Waals surface area contributed by atoms with E-state index in [4.69, 9.17) is 4.74 Å². The SMILES string of the molecule is COc1cc(CN2CCN(c3cccnc3C#N)CC2)ccn1. The Labute approximate surface area is 136 Å². The molecule has 0 N–H and O–H groups in total. The van der Waals surface area contributed by atoms with Gasteiger partial charge in [-0.15, -0.1) is 0 Å². The highest BCUT2D eigenvalue weighted by molar-refractivity contribution is 5.55. The van der Waals surface area contributed by atoms with Crippen LogP contribution in [0.1, 0.15) is 11.3 Å². The van der Waals surface area contributed by atoms with E-state index in [1.54, 1.807) is 19.5 Å². The van der Waals surface area contributed by atoms with Crippen molar-refractivity contribution in [2.24, 2.45) is 0 Å². The lowest BCUT2D eigenvalue weighted by atomic mass is 10.2. The summed E-state index contributed by atoms with van der Waals surface area (Å²) < 4.78 is 5.17. The average Bonchev–Trinajstić information content (AvgIpc) is 2.62. The zero-order chi connectivity index (χ0) is 16.1. The molecule has 0 atom stereocenters. The van der Waals surface area contributed by atoms with Gasteiger partial charge in [-0.1, -0.05) is 0 Å². The van der Waals surface area contributed by atoms with Crippen molar-refractivity contribution in [3.05, 3.63) is 47.9 Å². The van der Waals surface area contributed by atoms with Gasteiger partial charge in [0.2, 0.25) is 5.88 Å². The van der Waals surface area contributed by atoms with Crippen molar-refractivity contribution >= 4 is 5.69 Å². The molecule has 0 bridgehead atoms. The second kappa shape index (κ2) is 7.07. The molecule has 3 rings (SSSR count). The van der Waals surface area contributed by atoms with Crippen LogP contribution in [0.3, 0.4) is 0 Å². The molecule has 1 aliphatic heterocycles. The Morgan fingerprint density at radius 3 is 2.74 bits per heavy atom. The van der Waals surface area contributed by atoms with Crippen LogP contribution in [0.5, 0.6) is 5.88 Å². The Morgan fingerprint density at radius 1 is 1.17 bits per heavy atom. The lowest BCUT2D eigenvalue weighted by molar-refractivity contribution is 0.249. The zero-order valence-electron chi connectivity index (χ0n) is 13.1. The first kappa shape index (κ1) is 15.3. The summed E-state index contributed by atoms with van der Waals surface area (Å²) in [5.41, 5.74) is 2.63. The van der Waals surface area contributed by atoms with Crippen LogP contribution >= 0.6 is 0 Å². The molecule has 6 heteroatoms. The molecule has 6 nitrogen and oxygen atoms in total. The third-order valence-electron chi connectivity index (χ3n) is 4.02. The highest BCUT2D eigenvalue weighted by Crippen LogP contribution is 2.20. The maximum Gasteiger partial charge on any atom is 0.213 e. The first-order valence-electron chi connectivity index (χ1n) is 7.61. The highest BCUT2D eigenvalue weighted by Gasteiger charge is 2.19. The molecule has 3 heterocycles. The maximum absolute atomic E-state index is 9.18. The Kier molecular flexibility index (Phi) is 4.69. The lowest BCUT2D eigenvalue weighted by Crippen LogP contribution is -2.46. The van der Waals surface area contributed by atoms with Gasteiger partial charge in [-0.05, 0) is 23.8 Å². The smallest absolute Gasteiger partial charge is 0.213 e. The van der Waals surface area contributed by atoms with E-state index in [1.165, 1.54) is 5.56 Å². The summed E-state index contributed by atoms with van der Waals surface area (Å²) in [4.78, 5) is 12.9. The van der Waals surface area contributed by atoms with E-state index in [0.29, 0.717) is 11.6 Å². The summed E-state index contributed by atoms with van der Waals surface area (Å²) in [5, 5.41) is 9.18. The van der Waals surface area contributed by atoms with Crippen LogP contribution in [0.25, 0.3) is 0 Å². The molecule has 1 saturated heterocycles. The van der Waals surface area contributed by atoms with Gasteiger partial charge in [-0.3, -0.25) is 4.90 Å². The summed E-state index contributed by atoms with van der Waals surface area (Å²) >= 11 is 0. The van der Waals surface area contributed by atoms with Gasteiger partial charge in [0.1, 0.15) is 6.07 Å². The molecule has 1 aliphatic rings. The predicted octanol–water partition coefficient (Wildman–Crippen LogP) is 1.68. The van der Waals surface area contributed by atoms with Gasteiger partial charge < -0.3 is 9.64 Å². The van der Waals surface area contributed by atoms with Crippen LogP contribution in [-0.2, 0) is 6.54 Å². The summed E-state index contributed by atoms with van der Waals surface area (Å²) in [7, 11) is 1.63. The van der Waals surface area contributed by atoms with Crippen LogP contribution in [0.15, 0.2) is 36.7 Å². The fraction of sp³-hybridized carbons (Fsp3) is 0.353. The van der Waals surface area contributed by atoms with Crippen LogP contribution in [0, 0.1) is 11.3 Å². The molecule has 2 aromatic heterocycles. The molecule has 118 valence electrons. The van der Waals surface area contributed by atoms with Gasteiger partial charge in [-0.25, -0.2) is 9.97 Å². The van der Waals surface area contributed by atoms with Crippen LogP contribution in [-0.4, -0.2) is 48.2 Å². The number of anilines is 1. The fourth-order valence-corrected chi connectivity index (χ4v) is 2.80. The first-order chi connectivity index (χ1) is 11.3. The average molecular weight is 309 g/mol. The molecule has 0 radical (unpaired) electrons. The summed E-state index contributed by atoms with van der Waals surface area (Å²) in [6, 6.07) is 10.0. The van der Waals surface area contributed by atoms with Gasteiger partial charge in [0.05, 0.1) is 12.8 Å². The van der Waals surface area contributed by atoms with Gasteiger partial charge in [0, 0.05) is 51.2 Å². The van der Waals surface area contributed by atoms with Crippen LogP contribution in [0.4, 0.5) is 5.69 Å². The molecule has 0 unspecified atom stereocenters. The zero-order valence-corrected chi connectivity index (χ0v) is 13.1.